The number of rotatable bonds is 5. The maximum absolute atomic E-state index is 11.6. The van der Waals surface area contributed by atoms with Crippen LogP contribution in [0.3, 0.4) is 0 Å². The van der Waals surface area contributed by atoms with Gasteiger partial charge >= 0.3 is 6.16 Å². The van der Waals surface area contributed by atoms with Crippen molar-refractivity contribution in [2.45, 2.75) is 52.2 Å². The van der Waals surface area contributed by atoms with Gasteiger partial charge in [-0.3, -0.25) is 9.59 Å². The van der Waals surface area contributed by atoms with Gasteiger partial charge in [-0.15, -0.1) is 0 Å². The molecule has 13 nitrogen and oxygen atoms in total. The highest BCUT2D eigenvalue weighted by Crippen LogP contribution is 2.40. The molecule has 0 radical (unpaired) electrons. The van der Waals surface area contributed by atoms with Crippen LogP contribution in [0, 0.1) is 17.2 Å². The average Bonchev–Trinajstić information content (AvgIpc) is 3.35. The van der Waals surface area contributed by atoms with Gasteiger partial charge in [0.05, 0.1) is 12.3 Å². The van der Waals surface area contributed by atoms with Crippen molar-refractivity contribution in [3.8, 4) is 6.07 Å². The quantitative estimate of drug-likeness (QED) is 0.530. The number of nitrogens with zero attached hydrogens (tertiary/aromatic N) is 4. The first-order valence-corrected chi connectivity index (χ1v) is 10.3. The molecule has 186 valence electrons. The number of nitrogens with two attached hydrogens (primary N) is 1. The number of carbonyl (C=O) groups excluding carboxylic acids is 1. The number of carboxylic acid groups (broad SMARTS) is 2. The van der Waals surface area contributed by atoms with Gasteiger partial charge in [0.15, 0.2) is 11.4 Å². The van der Waals surface area contributed by atoms with E-state index in [1.165, 1.54) is 6.33 Å². The van der Waals surface area contributed by atoms with Crippen LogP contribution in [0.25, 0.3) is 5.52 Å². The molecule has 2 atom stereocenters. The molecule has 34 heavy (non-hydrogen) atoms. The minimum atomic E-state index is -1.20. The number of fused-ring (bicyclic) bond motifs is 1. The number of aliphatic carboxylic acids is 2. The van der Waals surface area contributed by atoms with Crippen molar-refractivity contribution in [2.75, 3.05) is 18.9 Å². The molecule has 2 unspecified atom stereocenters. The highest BCUT2D eigenvalue weighted by atomic mass is 16.7. The summed E-state index contributed by atoms with van der Waals surface area (Å²) >= 11 is 0. The largest absolute Gasteiger partial charge is 0.508 e. The second kappa shape index (κ2) is 12.9. The zero-order valence-corrected chi connectivity index (χ0v) is 19.4. The molecule has 2 aromatic heterocycles. The van der Waals surface area contributed by atoms with E-state index in [4.69, 9.17) is 39.7 Å². The molecule has 2 aromatic rings. The van der Waals surface area contributed by atoms with E-state index in [2.05, 4.69) is 16.2 Å². The number of aromatic nitrogens is 3. The Labute approximate surface area is 196 Å². The van der Waals surface area contributed by atoms with Gasteiger partial charge < -0.3 is 30.2 Å². The Morgan fingerprint density at radius 3 is 2.47 bits per heavy atom. The van der Waals surface area contributed by atoms with Crippen molar-refractivity contribution >= 4 is 29.4 Å². The molecule has 1 fully saturated rings. The van der Waals surface area contributed by atoms with Crippen molar-refractivity contribution in [3.05, 3.63) is 24.2 Å². The maximum atomic E-state index is 11.6. The number of ether oxygens (including phenoxy) is 3. The number of nitriles is 1. The molecule has 4 N–H and O–H groups in total. The molecule has 0 aliphatic carbocycles. The van der Waals surface area contributed by atoms with E-state index in [0.717, 1.165) is 19.5 Å². The molecule has 0 amide bonds. The molecule has 3 heterocycles. The van der Waals surface area contributed by atoms with Crippen molar-refractivity contribution in [1.29, 1.82) is 5.26 Å². The van der Waals surface area contributed by atoms with Gasteiger partial charge in [-0.05, 0) is 30.9 Å². The Morgan fingerprint density at radius 2 is 1.91 bits per heavy atom. The van der Waals surface area contributed by atoms with Crippen molar-refractivity contribution < 1.29 is 38.8 Å². The van der Waals surface area contributed by atoms with E-state index >= 15 is 0 Å². The minimum Gasteiger partial charge on any atom is -0.481 e. The highest BCUT2D eigenvalue weighted by molar-refractivity contribution is 5.65. The van der Waals surface area contributed by atoms with Crippen LogP contribution in [0.5, 0.6) is 0 Å². The normalized spacial score (nSPS) is 18.6. The summed E-state index contributed by atoms with van der Waals surface area (Å²) in [5, 5.41) is 28.6. The van der Waals surface area contributed by atoms with Crippen LogP contribution in [-0.4, -0.2) is 61.7 Å². The van der Waals surface area contributed by atoms with Gasteiger partial charge in [-0.2, -0.15) is 10.4 Å². The number of carboxylic acids is 2. The molecule has 1 aliphatic heterocycles. The number of hydrogen-bond acceptors (Lipinski definition) is 10. The topological polar surface area (TPSA) is 199 Å². The fourth-order valence-electron chi connectivity index (χ4n) is 2.85. The van der Waals surface area contributed by atoms with Crippen LogP contribution in [0.4, 0.5) is 10.6 Å². The lowest BCUT2D eigenvalue weighted by molar-refractivity contribution is -0.135. The number of carbonyl (C=O) groups is 3. The summed E-state index contributed by atoms with van der Waals surface area (Å²) in [6, 6.07) is 5.78. The smallest absolute Gasteiger partial charge is 0.481 e. The molecule has 0 bridgehead atoms. The molecular formula is C21H29N5O8. The van der Waals surface area contributed by atoms with E-state index < -0.39 is 23.7 Å². The van der Waals surface area contributed by atoms with Crippen molar-refractivity contribution in [3.63, 3.8) is 0 Å². The first-order valence-electron chi connectivity index (χ1n) is 10.3. The summed E-state index contributed by atoms with van der Waals surface area (Å²) in [5.41, 5.74) is 6.08. The molecule has 3 rings (SSSR count). The SMILES string of the molecule is CC(=O)O.CC(=O)O.CC(C)COC(=O)OCC1(C#N)CCC(c2ccc3c(N)ncnn23)O1. The second-order valence-corrected chi connectivity index (χ2v) is 7.73. The van der Waals surface area contributed by atoms with Gasteiger partial charge in [0.25, 0.3) is 11.9 Å². The summed E-state index contributed by atoms with van der Waals surface area (Å²) in [6.07, 6.45) is 1.23. The Kier molecular flexibility index (Phi) is 10.7. The second-order valence-electron chi connectivity index (χ2n) is 7.73. The van der Waals surface area contributed by atoms with E-state index in [9.17, 15) is 10.1 Å². The molecule has 0 spiro atoms. The van der Waals surface area contributed by atoms with Crippen LogP contribution in [0.2, 0.25) is 0 Å². The molecule has 0 aromatic carbocycles. The zero-order chi connectivity index (χ0) is 25.9. The van der Waals surface area contributed by atoms with Gasteiger partial charge in [0.2, 0.25) is 0 Å². The molecule has 1 saturated heterocycles. The Balaban J connectivity index is 0.000000629. The summed E-state index contributed by atoms with van der Waals surface area (Å²) in [5.74, 6) is -1.09. The van der Waals surface area contributed by atoms with Crippen molar-refractivity contribution in [2.24, 2.45) is 5.92 Å². The third kappa shape index (κ3) is 8.91. The lowest BCUT2D eigenvalue weighted by atomic mass is 10.0. The first-order chi connectivity index (χ1) is 15.9. The van der Waals surface area contributed by atoms with E-state index in [1.54, 1.807) is 10.6 Å². The average molecular weight is 479 g/mol. The van der Waals surface area contributed by atoms with E-state index in [-0.39, 0.29) is 25.2 Å². The summed E-state index contributed by atoms with van der Waals surface area (Å²) < 4.78 is 17.6. The highest BCUT2D eigenvalue weighted by Gasteiger charge is 2.43. The predicted octanol–water partition coefficient (Wildman–Crippen LogP) is 2.42. The number of nitrogen functional groups attached to an aromatic ring is 1. The van der Waals surface area contributed by atoms with Gasteiger partial charge in [-0.25, -0.2) is 14.3 Å². The van der Waals surface area contributed by atoms with Crippen LogP contribution in [0.1, 0.15) is 52.3 Å². The van der Waals surface area contributed by atoms with Crippen LogP contribution in [0.15, 0.2) is 18.5 Å². The molecule has 1 aliphatic rings. The van der Waals surface area contributed by atoms with E-state index in [0.29, 0.717) is 24.2 Å². The standard InChI is InChI=1S/C17H21N5O4.2C2H4O2/c1-11(2)7-24-16(23)25-9-17(8-18)6-5-14(26-17)12-3-4-13-15(19)20-10-21-22(12)13;2*1-2(3)4/h3-4,10-11,14H,5-7,9H2,1-2H3,(H2,19,20,21);2*1H3,(H,3,4). The predicted molar refractivity (Wildman–Crippen MR) is 118 cm³/mol. The van der Waals surface area contributed by atoms with E-state index in [1.807, 2.05) is 19.9 Å². The van der Waals surface area contributed by atoms with Gasteiger partial charge in [0, 0.05) is 13.8 Å². The lowest BCUT2D eigenvalue weighted by Crippen LogP contribution is -2.33. The molecular weight excluding hydrogens is 450 g/mol. The third-order valence-corrected chi connectivity index (χ3v) is 4.18. The van der Waals surface area contributed by atoms with Gasteiger partial charge in [-0.1, -0.05) is 13.8 Å². The number of anilines is 1. The zero-order valence-electron chi connectivity index (χ0n) is 19.4. The first kappa shape index (κ1) is 28.1. The Bertz CT molecular complexity index is 1010. The summed E-state index contributed by atoms with van der Waals surface area (Å²) in [6.45, 7) is 6.09. The fraction of sp³-hybridized carbons (Fsp3) is 0.524. The van der Waals surface area contributed by atoms with Gasteiger partial charge in [0.1, 0.15) is 30.6 Å². The number of hydrogen-bond donors (Lipinski definition) is 3. The maximum Gasteiger partial charge on any atom is 0.508 e. The monoisotopic (exact) mass is 479 g/mol. The fourth-order valence-corrected chi connectivity index (χ4v) is 2.85. The van der Waals surface area contributed by atoms with Crippen LogP contribution in [-0.2, 0) is 23.8 Å². The Morgan fingerprint density at radius 1 is 1.29 bits per heavy atom. The van der Waals surface area contributed by atoms with Crippen LogP contribution < -0.4 is 5.73 Å². The molecule has 13 heteroatoms. The van der Waals surface area contributed by atoms with Crippen LogP contribution >= 0.6 is 0 Å². The summed E-state index contributed by atoms with van der Waals surface area (Å²) in [7, 11) is 0. The molecule has 0 saturated carbocycles. The Hall–Kier alpha value is -3.92. The minimum absolute atomic E-state index is 0.183. The summed E-state index contributed by atoms with van der Waals surface area (Å²) in [4.78, 5) is 33.6. The lowest BCUT2D eigenvalue weighted by Gasteiger charge is -2.21. The van der Waals surface area contributed by atoms with Crippen molar-refractivity contribution in [1.82, 2.24) is 14.6 Å². The third-order valence-electron chi connectivity index (χ3n) is 4.18.